The van der Waals surface area contributed by atoms with Crippen molar-refractivity contribution in [3.63, 3.8) is 0 Å². The quantitative estimate of drug-likeness (QED) is 0.489. The third kappa shape index (κ3) is 1.17. The summed E-state index contributed by atoms with van der Waals surface area (Å²) < 4.78 is 0. The third-order valence-corrected chi connectivity index (χ3v) is 1.71. The molecule has 2 N–H and O–H groups in total. The summed E-state index contributed by atoms with van der Waals surface area (Å²) in [6.07, 6.45) is 2.28. The lowest BCUT2D eigenvalue weighted by Crippen LogP contribution is -2.52. The van der Waals surface area contributed by atoms with Crippen LogP contribution in [-0.4, -0.2) is 37.0 Å². The molecule has 1 unspecified atom stereocenters. The number of hydrogen-bond acceptors (Lipinski definition) is 4. The van der Waals surface area contributed by atoms with E-state index in [4.69, 9.17) is 0 Å². The summed E-state index contributed by atoms with van der Waals surface area (Å²) in [4.78, 5) is 2.20. The van der Waals surface area contributed by atoms with Gasteiger partial charge in [-0.3, -0.25) is 5.43 Å². The third-order valence-electron chi connectivity index (χ3n) is 1.71. The molecule has 2 aliphatic heterocycles. The summed E-state index contributed by atoms with van der Waals surface area (Å²) in [7, 11) is 0. The van der Waals surface area contributed by atoms with E-state index in [9.17, 15) is 0 Å². The van der Waals surface area contributed by atoms with Gasteiger partial charge < -0.3 is 10.2 Å². The fraction of sp³-hybridized carbons (Fsp3) is 0.800. The second-order valence-corrected chi connectivity index (χ2v) is 2.33. The highest BCUT2D eigenvalue weighted by Gasteiger charge is 2.21. The van der Waals surface area contributed by atoms with Gasteiger partial charge >= 0.3 is 0 Å². The van der Waals surface area contributed by atoms with Crippen LogP contribution < -0.4 is 10.7 Å². The summed E-state index contributed by atoms with van der Waals surface area (Å²) >= 11 is 0. The molecule has 1 fully saturated rings. The van der Waals surface area contributed by atoms with Gasteiger partial charge in [-0.2, -0.15) is 5.10 Å². The maximum Gasteiger partial charge on any atom is 0.128 e. The molecule has 0 spiro atoms. The topological polar surface area (TPSA) is 39.7 Å². The van der Waals surface area contributed by atoms with E-state index < -0.39 is 0 Å². The van der Waals surface area contributed by atoms with E-state index in [-0.39, 0.29) is 12.4 Å². The minimum absolute atomic E-state index is 0. The molecule has 0 amide bonds. The fourth-order valence-corrected chi connectivity index (χ4v) is 1.17. The van der Waals surface area contributed by atoms with Gasteiger partial charge in [0.2, 0.25) is 0 Å². The van der Waals surface area contributed by atoms with Gasteiger partial charge in [0.15, 0.2) is 0 Å². The van der Waals surface area contributed by atoms with Crippen molar-refractivity contribution in [2.24, 2.45) is 5.10 Å². The van der Waals surface area contributed by atoms with Crippen molar-refractivity contribution in [2.45, 2.75) is 6.17 Å². The van der Waals surface area contributed by atoms with E-state index in [2.05, 4.69) is 20.7 Å². The van der Waals surface area contributed by atoms with Crippen molar-refractivity contribution in [3.05, 3.63) is 0 Å². The largest absolute Gasteiger partial charge is 0.337 e. The molecule has 1 saturated heterocycles. The molecule has 0 aromatic rings. The van der Waals surface area contributed by atoms with Gasteiger partial charge in [0.25, 0.3) is 0 Å². The van der Waals surface area contributed by atoms with Crippen molar-refractivity contribution in [2.75, 3.05) is 19.6 Å². The zero-order chi connectivity index (χ0) is 6.10. The van der Waals surface area contributed by atoms with Gasteiger partial charge in [-0.1, -0.05) is 0 Å². The number of nitrogens with one attached hydrogen (secondary N) is 2. The average Bonchev–Trinajstić information content (AvgIpc) is 2.33. The zero-order valence-corrected chi connectivity index (χ0v) is 6.40. The lowest BCUT2D eigenvalue weighted by molar-refractivity contribution is 0.254. The van der Waals surface area contributed by atoms with Crippen molar-refractivity contribution in [1.29, 1.82) is 0 Å². The van der Waals surface area contributed by atoms with Crippen molar-refractivity contribution < 1.29 is 0 Å². The first-order valence-electron chi connectivity index (χ1n) is 3.22. The van der Waals surface area contributed by atoms with Crippen LogP contribution in [-0.2, 0) is 0 Å². The van der Waals surface area contributed by atoms with Gasteiger partial charge in [0.1, 0.15) is 12.5 Å². The Hall–Kier alpha value is -0.480. The van der Waals surface area contributed by atoms with Crippen LogP contribution in [0.5, 0.6) is 0 Å². The minimum Gasteiger partial charge on any atom is -0.337 e. The molecule has 0 radical (unpaired) electrons. The summed E-state index contributed by atoms with van der Waals surface area (Å²) in [6.45, 7) is 3.14. The van der Waals surface area contributed by atoms with Crippen LogP contribution in [0.15, 0.2) is 5.10 Å². The molecule has 10 heavy (non-hydrogen) atoms. The van der Waals surface area contributed by atoms with E-state index in [0.29, 0.717) is 6.17 Å². The van der Waals surface area contributed by atoms with Crippen LogP contribution in [0.1, 0.15) is 0 Å². The summed E-state index contributed by atoms with van der Waals surface area (Å²) in [6, 6.07) is 0. The molecule has 5 heteroatoms. The van der Waals surface area contributed by atoms with Crippen LogP contribution in [0.25, 0.3) is 0 Å². The Morgan fingerprint density at radius 2 is 2.50 bits per heavy atom. The second-order valence-electron chi connectivity index (χ2n) is 2.33. The molecular formula is C5H11ClN4. The van der Waals surface area contributed by atoms with Crippen molar-refractivity contribution in [1.82, 2.24) is 15.6 Å². The maximum absolute atomic E-state index is 3.94. The molecule has 1 atom stereocenters. The highest BCUT2D eigenvalue weighted by Crippen LogP contribution is 2.00. The van der Waals surface area contributed by atoms with E-state index in [1.165, 1.54) is 0 Å². The van der Waals surface area contributed by atoms with Crippen LogP contribution in [0.2, 0.25) is 0 Å². The van der Waals surface area contributed by atoms with E-state index in [0.717, 1.165) is 19.6 Å². The molecule has 0 aliphatic carbocycles. The van der Waals surface area contributed by atoms with Gasteiger partial charge in [0.05, 0.1) is 0 Å². The SMILES string of the molecule is C1=NNC2CNCCN12.Cl. The Bertz CT molecular complexity index is 138. The number of piperazine rings is 1. The first kappa shape index (κ1) is 7.63. The highest BCUT2D eigenvalue weighted by molar-refractivity contribution is 5.85. The number of fused-ring (bicyclic) bond motifs is 1. The lowest BCUT2D eigenvalue weighted by Gasteiger charge is -2.28. The smallest absolute Gasteiger partial charge is 0.128 e. The van der Waals surface area contributed by atoms with E-state index >= 15 is 0 Å². The van der Waals surface area contributed by atoms with Crippen molar-refractivity contribution >= 4 is 18.7 Å². The Morgan fingerprint density at radius 3 is 3.30 bits per heavy atom. The van der Waals surface area contributed by atoms with Crippen molar-refractivity contribution in [3.8, 4) is 0 Å². The van der Waals surface area contributed by atoms with Crippen LogP contribution in [0.3, 0.4) is 0 Å². The van der Waals surface area contributed by atoms with E-state index in [1.54, 1.807) is 0 Å². The molecule has 2 aliphatic rings. The van der Waals surface area contributed by atoms with Gasteiger partial charge in [-0.15, -0.1) is 12.4 Å². The average molecular weight is 163 g/mol. The molecule has 58 valence electrons. The summed E-state index contributed by atoms with van der Waals surface area (Å²) in [5.74, 6) is 0. The van der Waals surface area contributed by atoms with Gasteiger partial charge in [-0.05, 0) is 0 Å². The number of hydrazone groups is 1. The monoisotopic (exact) mass is 162 g/mol. The highest BCUT2D eigenvalue weighted by atomic mass is 35.5. The normalized spacial score (nSPS) is 28.8. The minimum atomic E-state index is 0. The molecule has 0 saturated carbocycles. The zero-order valence-electron chi connectivity index (χ0n) is 5.58. The molecule has 4 nitrogen and oxygen atoms in total. The second kappa shape index (κ2) is 3.07. The lowest BCUT2D eigenvalue weighted by atomic mass is 10.3. The number of nitrogens with zero attached hydrogens (tertiary/aromatic N) is 2. The molecule has 2 rings (SSSR count). The van der Waals surface area contributed by atoms with Crippen LogP contribution >= 0.6 is 12.4 Å². The Labute approximate surface area is 66.1 Å². The van der Waals surface area contributed by atoms with Gasteiger partial charge in [0, 0.05) is 19.6 Å². The van der Waals surface area contributed by atoms with Crippen LogP contribution in [0, 0.1) is 0 Å². The predicted octanol–water partition coefficient (Wildman–Crippen LogP) is -0.814. The Morgan fingerprint density at radius 1 is 1.60 bits per heavy atom. The summed E-state index contributed by atoms with van der Waals surface area (Å²) in [5.41, 5.74) is 2.99. The maximum atomic E-state index is 3.94. The number of hydrogen-bond donors (Lipinski definition) is 2. The van der Waals surface area contributed by atoms with E-state index in [1.807, 2.05) is 6.34 Å². The van der Waals surface area contributed by atoms with Crippen LogP contribution in [0.4, 0.5) is 0 Å². The molecule has 0 aromatic heterocycles. The molecule has 0 bridgehead atoms. The van der Waals surface area contributed by atoms with Gasteiger partial charge in [-0.25, -0.2) is 0 Å². The first-order valence-corrected chi connectivity index (χ1v) is 3.22. The number of halogens is 1. The Kier molecular flexibility index (Phi) is 2.34. The predicted molar refractivity (Wildman–Crippen MR) is 42.2 cm³/mol. The standard InChI is InChI=1S/C5H10N4.ClH/c1-2-9-4-7-8-5(9)3-6-1;/h4-6,8H,1-3H2;1H. The molecule has 0 aromatic carbocycles. The molecular weight excluding hydrogens is 152 g/mol. The Balaban J connectivity index is 0.000000500. The first-order chi connectivity index (χ1) is 4.47. The molecule has 2 heterocycles. The fourth-order valence-electron chi connectivity index (χ4n) is 1.17. The number of rotatable bonds is 0. The summed E-state index contributed by atoms with van der Waals surface area (Å²) in [5, 5.41) is 7.21.